The molecule has 1 fully saturated rings. The number of hydrogen-bond acceptors (Lipinski definition) is 4. The monoisotopic (exact) mass is 318 g/mol. The van der Waals surface area contributed by atoms with Crippen LogP contribution in [0, 0.1) is 0 Å². The summed E-state index contributed by atoms with van der Waals surface area (Å²) in [6.07, 6.45) is -0.177. The molecule has 0 aromatic heterocycles. The molecule has 0 unspecified atom stereocenters. The van der Waals surface area contributed by atoms with Crippen LogP contribution in [0.2, 0.25) is 0 Å². The third-order valence-electron chi connectivity index (χ3n) is 4.27. The van der Waals surface area contributed by atoms with Crippen LogP contribution < -0.4 is 9.64 Å². The van der Waals surface area contributed by atoms with Crippen molar-refractivity contribution in [2.45, 2.75) is 31.4 Å². The second-order valence-electron chi connectivity index (χ2n) is 5.80. The van der Waals surface area contributed by atoms with Gasteiger partial charge in [0.05, 0.1) is 18.7 Å². The van der Waals surface area contributed by atoms with Gasteiger partial charge in [0.15, 0.2) is 0 Å². The number of likely N-dealkylation sites (tertiary alicyclic amines) is 1. The summed E-state index contributed by atoms with van der Waals surface area (Å²) in [4.78, 5) is 38.6. The number of nitrogens with zero attached hydrogens (tertiary/aromatic N) is 2. The first-order valence-electron chi connectivity index (χ1n) is 7.52. The first-order chi connectivity index (χ1) is 11.0. The highest BCUT2D eigenvalue weighted by Gasteiger charge is 2.43. The van der Waals surface area contributed by atoms with Crippen molar-refractivity contribution in [2.24, 2.45) is 0 Å². The normalized spacial score (nSPS) is 22.9. The lowest BCUT2D eigenvalue weighted by Gasteiger charge is -2.29. The summed E-state index contributed by atoms with van der Waals surface area (Å²) >= 11 is 0. The molecule has 1 aromatic carbocycles. The molecule has 23 heavy (non-hydrogen) atoms. The van der Waals surface area contributed by atoms with E-state index in [2.05, 4.69) is 0 Å². The number of aliphatic carboxylic acids is 1. The summed E-state index contributed by atoms with van der Waals surface area (Å²) in [5, 5.41) is 8.72. The molecule has 2 amide bonds. The number of para-hydroxylation sites is 2. The lowest BCUT2D eigenvalue weighted by atomic mass is 10.1. The molecule has 0 saturated carbocycles. The Hall–Kier alpha value is -2.57. The van der Waals surface area contributed by atoms with Gasteiger partial charge in [-0.1, -0.05) is 12.1 Å². The highest BCUT2D eigenvalue weighted by atomic mass is 16.5. The molecule has 7 heteroatoms. The van der Waals surface area contributed by atoms with Crippen LogP contribution in [0.3, 0.4) is 0 Å². The van der Waals surface area contributed by atoms with Crippen LogP contribution in [-0.2, 0) is 14.4 Å². The maximum absolute atomic E-state index is 12.7. The van der Waals surface area contributed by atoms with Crippen molar-refractivity contribution < 1.29 is 24.2 Å². The van der Waals surface area contributed by atoms with E-state index in [9.17, 15) is 14.4 Å². The van der Waals surface area contributed by atoms with E-state index >= 15 is 0 Å². The van der Waals surface area contributed by atoms with Crippen LogP contribution in [0.25, 0.3) is 0 Å². The summed E-state index contributed by atoms with van der Waals surface area (Å²) in [5.74, 6) is -0.906. The van der Waals surface area contributed by atoms with Gasteiger partial charge in [-0.2, -0.15) is 0 Å². The van der Waals surface area contributed by atoms with Crippen molar-refractivity contribution >= 4 is 23.5 Å². The van der Waals surface area contributed by atoms with Gasteiger partial charge >= 0.3 is 5.97 Å². The molecule has 3 rings (SSSR count). The molecule has 2 aliphatic heterocycles. The average Bonchev–Trinajstić information content (AvgIpc) is 2.95. The third kappa shape index (κ3) is 2.86. The first-order valence-corrected chi connectivity index (χ1v) is 7.52. The molecule has 0 spiro atoms. The largest absolute Gasteiger partial charge is 0.486 e. The van der Waals surface area contributed by atoms with Gasteiger partial charge in [0.2, 0.25) is 11.8 Å². The van der Waals surface area contributed by atoms with E-state index in [-0.39, 0.29) is 30.8 Å². The lowest BCUT2D eigenvalue weighted by Crippen LogP contribution is -2.46. The summed E-state index contributed by atoms with van der Waals surface area (Å²) in [7, 11) is 1.66. The molecule has 2 aliphatic rings. The zero-order valence-electron chi connectivity index (χ0n) is 12.8. The summed E-state index contributed by atoms with van der Waals surface area (Å²) in [6, 6.07) is 6.66. The van der Waals surface area contributed by atoms with E-state index in [0.29, 0.717) is 24.4 Å². The van der Waals surface area contributed by atoms with Gasteiger partial charge in [0.1, 0.15) is 17.9 Å². The summed E-state index contributed by atoms with van der Waals surface area (Å²) < 4.78 is 5.95. The number of carboxylic acid groups (broad SMARTS) is 1. The molecule has 1 aromatic rings. The second kappa shape index (κ2) is 5.91. The van der Waals surface area contributed by atoms with Crippen molar-refractivity contribution in [3.8, 4) is 5.75 Å². The highest BCUT2D eigenvalue weighted by Crippen LogP contribution is 2.35. The third-order valence-corrected chi connectivity index (χ3v) is 4.27. The number of ether oxygens (including phenoxy) is 1. The number of benzene rings is 1. The Morgan fingerprint density at radius 3 is 2.78 bits per heavy atom. The molecule has 0 aliphatic carbocycles. The smallest absolute Gasteiger partial charge is 0.303 e. The number of anilines is 1. The molecule has 2 bridgehead atoms. The van der Waals surface area contributed by atoms with E-state index in [1.807, 2.05) is 12.1 Å². The predicted molar refractivity (Wildman–Crippen MR) is 81.3 cm³/mol. The average molecular weight is 318 g/mol. The lowest BCUT2D eigenvalue weighted by molar-refractivity contribution is -0.142. The standard InChI is InChI=1S/C16H18N2O5/c1-17-11-4-2-3-5-13(11)23-10-8-12(16(17)22)18(9-10)14(19)6-7-15(20)21/h2-5,10,12H,6-9H2,1H3,(H,20,21)/t10-,12-/m0/s1. The maximum atomic E-state index is 12.7. The van der Waals surface area contributed by atoms with Gasteiger partial charge in [-0.3, -0.25) is 14.4 Å². The molecule has 1 N–H and O–H groups in total. The minimum absolute atomic E-state index is 0.109. The van der Waals surface area contributed by atoms with E-state index < -0.39 is 12.0 Å². The van der Waals surface area contributed by atoms with Crippen LogP contribution in [0.5, 0.6) is 5.75 Å². The minimum Gasteiger partial charge on any atom is -0.486 e. The Bertz CT molecular complexity index is 660. The van der Waals surface area contributed by atoms with E-state index in [4.69, 9.17) is 9.84 Å². The summed E-state index contributed by atoms with van der Waals surface area (Å²) in [6.45, 7) is 0.303. The number of hydrogen-bond donors (Lipinski definition) is 1. The van der Waals surface area contributed by atoms with E-state index in [1.54, 1.807) is 19.2 Å². The van der Waals surface area contributed by atoms with Crippen LogP contribution in [-0.4, -0.2) is 53.5 Å². The van der Waals surface area contributed by atoms with Crippen LogP contribution in [0.1, 0.15) is 19.3 Å². The molecular weight excluding hydrogens is 300 g/mol. The Morgan fingerprint density at radius 1 is 1.30 bits per heavy atom. The van der Waals surface area contributed by atoms with Crippen molar-refractivity contribution in [2.75, 3.05) is 18.5 Å². The number of carbonyl (C=O) groups is 3. The molecule has 0 radical (unpaired) electrons. The number of carboxylic acids is 1. The quantitative estimate of drug-likeness (QED) is 0.894. The topological polar surface area (TPSA) is 87.2 Å². The zero-order chi connectivity index (χ0) is 16.6. The van der Waals surface area contributed by atoms with E-state index in [0.717, 1.165) is 0 Å². The zero-order valence-corrected chi connectivity index (χ0v) is 12.8. The van der Waals surface area contributed by atoms with Crippen molar-refractivity contribution in [1.82, 2.24) is 4.90 Å². The van der Waals surface area contributed by atoms with Gasteiger partial charge in [-0.05, 0) is 12.1 Å². The minimum atomic E-state index is -1.03. The Balaban J connectivity index is 1.85. The fourth-order valence-electron chi connectivity index (χ4n) is 3.11. The molecular formula is C16H18N2O5. The van der Waals surface area contributed by atoms with Crippen molar-refractivity contribution in [3.05, 3.63) is 24.3 Å². The fraction of sp³-hybridized carbons (Fsp3) is 0.438. The van der Waals surface area contributed by atoms with Gasteiger partial charge in [-0.15, -0.1) is 0 Å². The SMILES string of the molecule is CN1C(=O)[C@@H]2C[C@@H](CN2C(=O)CCC(=O)O)Oc2ccccc21. The highest BCUT2D eigenvalue weighted by molar-refractivity contribution is 6.00. The second-order valence-corrected chi connectivity index (χ2v) is 5.80. The molecule has 1 saturated heterocycles. The van der Waals surface area contributed by atoms with Gasteiger partial charge in [0, 0.05) is 19.9 Å². The number of carbonyl (C=O) groups excluding carboxylic acids is 2. The van der Waals surface area contributed by atoms with Gasteiger partial charge in [0.25, 0.3) is 0 Å². The van der Waals surface area contributed by atoms with Crippen LogP contribution >= 0.6 is 0 Å². The maximum Gasteiger partial charge on any atom is 0.303 e. The predicted octanol–water partition coefficient (Wildman–Crippen LogP) is 0.876. The Kier molecular flexibility index (Phi) is 3.94. The van der Waals surface area contributed by atoms with Crippen LogP contribution in [0.4, 0.5) is 5.69 Å². The van der Waals surface area contributed by atoms with E-state index in [1.165, 1.54) is 9.80 Å². The summed E-state index contributed by atoms with van der Waals surface area (Å²) in [5.41, 5.74) is 0.673. The Labute approximate surface area is 133 Å². The van der Waals surface area contributed by atoms with Crippen molar-refractivity contribution in [3.63, 3.8) is 0 Å². The molecule has 2 heterocycles. The number of likely N-dealkylation sites (N-methyl/N-ethyl adjacent to an activating group) is 1. The number of rotatable bonds is 3. The molecule has 122 valence electrons. The Morgan fingerprint density at radius 2 is 2.04 bits per heavy atom. The van der Waals surface area contributed by atoms with Gasteiger partial charge in [-0.25, -0.2) is 0 Å². The number of fused-ring (bicyclic) bond motifs is 3. The molecule has 7 nitrogen and oxygen atoms in total. The van der Waals surface area contributed by atoms with Crippen LogP contribution in [0.15, 0.2) is 24.3 Å². The van der Waals surface area contributed by atoms with Gasteiger partial charge < -0.3 is 19.6 Å². The number of amides is 2. The molecule has 2 atom stereocenters. The van der Waals surface area contributed by atoms with Crippen molar-refractivity contribution in [1.29, 1.82) is 0 Å². The fourth-order valence-corrected chi connectivity index (χ4v) is 3.11. The first kappa shape index (κ1) is 15.3.